The van der Waals surface area contributed by atoms with Crippen molar-refractivity contribution in [2.45, 2.75) is 64.5 Å². The van der Waals surface area contributed by atoms with Gasteiger partial charge >= 0.3 is 0 Å². The van der Waals surface area contributed by atoms with Gasteiger partial charge in [0.2, 0.25) is 0 Å². The lowest BCUT2D eigenvalue weighted by Gasteiger charge is -2.55. The van der Waals surface area contributed by atoms with Crippen molar-refractivity contribution >= 4 is 0 Å². The van der Waals surface area contributed by atoms with Crippen LogP contribution in [0.3, 0.4) is 0 Å². The first-order valence-electron chi connectivity index (χ1n) is 8.89. The first-order chi connectivity index (χ1) is 10.8. The van der Waals surface area contributed by atoms with Gasteiger partial charge in [0, 0.05) is 19.7 Å². The van der Waals surface area contributed by atoms with Crippen molar-refractivity contribution in [3.8, 4) is 5.75 Å². The average molecular weight is 317 g/mol. The highest BCUT2D eigenvalue weighted by molar-refractivity contribution is 5.44. The highest BCUT2D eigenvalue weighted by atomic mass is 16.5. The normalized spacial score (nSPS) is 31.3. The van der Waals surface area contributed by atoms with Gasteiger partial charge < -0.3 is 9.84 Å². The Kier molecular flexibility index (Phi) is 4.22. The van der Waals surface area contributed by atoms with Crippen molar-refractivity contribution in [1.82, 2.24) is 4.90 Å². The summed E-state index contributed by atoms with van der Waals surface area (Å²) < 4.78 is 5.53. The summed E-state index contributed by atoms with van der Waals surface area (Å²) in [5.74, 6) is 0.389. The molecule has 0 spiro atoms. The molecule has 23 heavy (non-hydrogen) atoms. The molecule has 1 aliphatic heterocycles. The van der Waals surface area contributed by atoms with E-state index in [0.29, 0.717) is 11.8 Å². The predicted octanol–water partition coefficient (Wildman–Crippen LogP) is 3.73. The zero-order valence-corrected chi connectivity index (χ0v) is 15.2. The third kappa shape index (κ3) is 2.58. The summed E-state index contributed by atoms with van der Waals surface area (Å²) in [4.78, 5) is 2.63. The summed E-state index contributed by atoms with van der Waals surface area (Å²) in [5.41, 5.74) is 3.12. The average Bonchev–Trinajstić information content (AvgIpc) is 2.55. The van der Waals surface area contributed by atoms with Crippen molar-refractivity contribution in [2.75, 3.05) is 20.2 Å². The van der Waals surface area contributed by atoms with Gasteiger partial charge in [-0.05, 0) is 66.8 Å². The molecule has 3 heteroatoms. The zero-order valence-electron chi connectivity index (χ0n) is 15.2. The van der Waals surface area contributed by atoms with Gasteiger partial charge in [-0.15, -0.1) is 0 Å². The van der Waals surface area contributed by atoms with E-state index in [2.05, 4.69) is 38.7 Å². The highest BCUT2D eigenvalue weighted by Crippen LogP contribution is 2.55. The number of phenolic OH excluding ortho intramolecular Hbond substituents is 1. The van der Waals surface area contributed by atoms with Crippen LogP contribution in [0.25, 0.3) is 0 Å². The fourth-order valence-corrected chi connectivity index (χ4v) is 4.92. The molecule has 2 bridgehead atoms. The van der Waals surface area contributed by atoms with E-state index in [9.17, 15) is 5.11 Å². The third-order valence-electron chi connectivity index (χ3n) is 6.81. The molecule has 3 nitrogen and oxygen atoms in total. The van der Waals surface area contributed by atoms with Crippen molar-refractivity contribution in [1.29, 1.82) is 0 Å². The van der Waals surface area contributed by atoms with Crippen LogP contribution >= 0.6 is 0 Å². The van der Waals surface area contributed by atoms with Crippen LogP contribution in [0.1, 0.15) is 51.7 Å². The van der Waals surface area contributed by atoms with Gasteiger partial charge in [-0.2, -0.15) is 0 Å². The number of benzene rings is 1. The summed E-state index contributed by atoms with van der Waals surface area (Å²) >= 11 is 0. The Balaban J connectivity index is 2.06. The Morgan fingerprint density at radius 3 is 2.78 bits per heavy atom. The monoisotopic (exact) mass is 317 g/mol. The quantitative estimate of drug-likeness (QED) is 0.922. The number of aromatic hydroxyl groups is 1. The molecular formula is C20H31NO2. The lowest BCUT2D eigenvalue weighted by Crippen LogP contribution is -2.57. The Bertz CT molecular complexity index is 583. The molecule has 1 heterocycles. The van der Waals surface area contributed by atoms with Crippen LogP contribution in [-0.4, -0.2) is 42.4 Å². The molecule has 1 aromatic rings. The fraction of sp³-hybridized carbons (Fsp3) is 0.700. The van der Waals surface area contributed by atoms with Gasteiger partial charge in [-0.1, -0.05) is 26.8 Å². The summed E-state index contributed by atoms with van der Waals surface area (Å²) in [7, 11) is 1.80. The summed E-state index contributed by atoms with van der Waals surface area (Å²) in [6.45, 7) is 11.6. The molecule has 0 radical (unpaired) electrons. The SMILES string of the molecule is COC(C)CN1CCC[C@]2(C)c3ccc(O)cc3C[C@@H]1C2(C)C. The molecule has 1 aliphatic carbocycles. The molecule has 3 atom stereocenters. The number of nitrogens with zero attached hydrogens (tertiary/aromatic N) is 1. The van der Waals surface area contributed by atoms with E-state index in [1.807, 2.05) is 12.1 Å². The van der Waals surface area contributed by atoms with Gasteiger partial charge in [-0.3, -0.25) is 4.90 Å². The van der Waals surface area contributed by atoms with Gasteiger partial charge in [-0.25, -0.2) is 0 Å². The van der Waals surface area contributed by atoms with Crippen molar-refractivity contribution in [3.63, 3.8) is 0 Å². The molecular weight excluding hydrogens is 286 g/mol. The second-order valence-electron chi connectivity index (χ2n) is 8.26. The number of ether oxygens (including phenoxy) is 1. The topological polar surface area (TPSA) is 32.7 Å². The molecule has 2 aliphatic rings. The summed E-state index contributed by atoms with van der Waals surface area (Å²) in [6, 6.07) is 6.49. The van der Waals surface area contributed by atoms with Crippen LogP contribution in [0.15, 0.2) is 18.2 Å². The maximum Gasteiger partial charge on any atom is 0.115 e. The minimum Gasteiger partial charge on any atom is -0.508 e. The lowest BCUT2D eigenvalue weighted by atomic mass is 9.53. The highest BCUT2D eigenvalue weighted by Gasteiger charge is 2.54. The minimum absolute atomic E-state index is 0.157. The smallest absolute Gasteiger partial charge is 0.115 e. The number of hydrogen-bond donors (Lipinski definition) is 1. The first-order valence-corrected chi connectivity index (χ1v) is 8.89. The van der Waals surface area contributed by atoms with Crippen molar-refractivity contribution in [3.05, 3.63) is 29.3 Å². The Morgan fingerprint density at radius 1 is 1.35 bits per heavy atom. The number of hydrogen-bond acceptors (Lipinski definition) is 3. The van der Waals surface area contributed by atoms with Gasteiger partial charge in [0.1, 0.15) is 5.75 Å². The van der Waals surface area contributed by atoms with Crippen LogP contribution in [0, 0.1) is 5.41 Å². The van der Waals surface area contributed by atoms with Gasteiger partial charge in [0.15, 0.2) is 0 Å². The second-order valence-corrected chi connectivity index (χ2v) is 8.26. The van der Waals surface area contributed by atoms with Crippen LogP contribution in [0.2, 0.25) is 0 Å². The van der Waals surface area contributed by atoms with E-state index in [1.165, 1.54) is 24.0 Å². The Morgan fingerprint density at radius 2 is 2.09 bits per heavy atom. The molecule has 3 rings (SSSR count). The van der Waals surface area contributed by atoms with Gasteiger partial charge in [0.05, 0.1) is 6.10 Å². The largest absolute Gasteiger partial charge is 0.508 e. The molecule has 128 valence electrons. The molecule has 1 saturated heterocycles. The van der Waals surface area contributed by atoms with Crippen molar-refractivity contribution in [2.24, 2.45) is 5.41 Å². The van der Waals surface area contributed by atoms with E-state index >= 15 is 0 Å². The molecule has 1 fully saturated rings. The van der Waals surface area contributed by atoms with Crippen molar-refractivity contribution < 1.29 is 9.84 Å². The van der Waals surface area contributed by atoms with E-state index in [4.69, 9.17) is 4.74 Å². The summed E-state index contributed by atoms with van der Waals surface area (Å²) in [6.07, 6.45) is 3.68. The molecule has 0 amide bonds. The summed E-state index contributed by atoms with van der Waals surface area (Å²) in [5, 5.41) is 9.95. The molecule has 0 aromatic heterocycles. The number of methoxy groups -OCH3 is 1. The van der Waals surface area contributed by atoms with Crippen LogP contribution in [0.4, 0.5) is 0 Å². The zero-order chi connectivity index (χ0) is 16.8. The Labute approximate surface area is 140 Å². The third-order valence-corrected chi connectivity index (χ3v) is 6.81. The first kappa shape index (κ1) is 16.8. The fourth-order valence-electron chi connectivity index (χ4n) is 4.92. The lowest BCUT2D eigenvalue weighted by molar-refractivity contribution is 0.00378. The van der Waals surface area contributed by atoms with Crippen LogP contribution in [-0.2, 0) is 16.6 Å². The number of fused-ring (bicyclic) bond motifs is 4. The Hall–Kier alpha value is -1.06. The number of phenols is 1. The number of likely N-dealkylation sites (tertiary alicyclic amines) is 1. The van der Waals surface area contributed by atoms with E-state index < -0.39 is 0 Å². The molecule has 1 aromatic carbocycles. The maximum absolute atomic E-state index is 9.95. The van der Waals surface area contributed by atoms with E-state index in [0.717, 1.165) is 19.5 Å². The van der Waals surface area contributed by atoms with E-state index in [1.54, 1.807) is 7.11 Å². The molecule has 1 unspecified atom stereocenters. The molecule has 0 saturated carbocycles. The minimum atomic E-state index is 0.157. The standard InChI is InChI=1S/C20H31NO2/c1-14(23-5)13-21-10-6-9-20(4)17-8-7-16(22)11-15(17)12-18(21)19(20,2)3/h7-8,11,14,18,22H,6,9-10,12-13H2,1-5H3/t14?,18-,20-/m1/s1. The van der Waals surface area contributed by atoms with E-state index in [-0.39, 0.29) is 16.9 Å². The second kappa shape index (κ2) is 5.78. The predicted molar refractivity (Wildman–Crippen MR) is 94.0 cm³/mol. The van der Waals surface area contributed by atoms with Crippen LogP contribution in [0.5, 0.6) is 5.75 Å². The van der Waals surface area contributed by atoms with Gasteiger partial charge in [0.25, 0.3) is 0 Å². The molecule has 1 N–H and O–H groups in total. The maximum atomic E-state index is 9.95. The number of rotatable bonds is 3. The van der Waals surface area contributed by atoms with Crippen LogP contribution < -0.4 is 0 Å².